The number of carboxylic acids is 1. The van der Waals surface area contributed by atoms with Crippen molar-refractivity contribution >= 4 is 33.5 Å². The van der Waals surface area contributed by atoms with Gasteiger partial charge >= 0.3 is 5.97 Å². The molecule has 1 aromatic carbocycles. The number of hydrogen-bond donors (Lipinski definition) is 2. The molecule has 2 aromatic rings. The maximum Gasteiger partial charge on any atom is 0.335 e. The van der Waals surface area contributed by atoms with Crippen LogP contribution in [0.3, 0.4) is 0 Å². The van der Waals surface area contributed by atoms with Gasteiger partial charge in [-0.2, -0.15) is 5.10 Å². The highest BCUT2D eigenvalue weighted by atomic mass is 79.9. The maximum absolute atomic E-state index is 12.2. The number of aromatic nitrogens is 2. The van der Waals surface area contributed by atoms with Crippen molar-refractivity contribution in [3.8, 4) is 0 Å². The number of benzene rings is 1. The van der Waals surface area contributed by atoms with Crippen LogP contribution in [0.15, 0.2) is 28.7 Å². The first-order valence-corrected chi connectivity index (χ1v) is 6.53. The Kier molecular flexibility index (Phi) is 3.89. The van der Waals surface area contributed by atoms with E-state index in [0.29, 0.717) is 15.9 Å². The van der Waals surface area contributed by atoms with Crippen LogP contribution in [0.5, 0.6) is 0 Å². The first-order valence-electron chi connectivity index (χ1n) is 5.74. The number of aromatic carboxylic acids is 1. The minimum Gasteiger partial charge on any atom is -0.478 e. The lowest BCUT2D eigenvalue weighted by molar-refractivity contribution is 0.0696. The molecule has 20 heavy (non-hydrogen) atoms. The topological polar surface area (TPSA) is 84.2 Å². The Labute approximate surface area is 123 Å². The summed E-state index contributed by atoms with van der Waals surface area (Å²) in [6.45, 7) is 1.79. The summed E-state index contributed by atoms with van der Waals surface area (Å²) in [4.78, 5) is 22.9. The van der Waals surface area contributed by atoms with Gasteiger partial charge in [0.15, 0.2) is 0 Å². The van der Waals surface area contributed by atoms with E-state index in [1.807, 2.05) is 0 Å². The van der Waals surface area contributed by atoms with Gasteiger partial charge in [-0.1, -0.05) is 0 Å². The molecule has 1 aromatic heterocycles. The zero-order valence-electron chi connectivity index (χ0n) is 10.8. The molecule has 0 bridgehead atoms. The van der Waals surface area contributed by atoms with Crippen LogP contribution < -0.4 is 5.32 Å². The number of hydrogen-bond acceptors (Lipinski definition) is 3. The molecular formula is C13H12BrN3O3. The normalized spacial score (nSPS) is 10.3. The molecule has 1 amide bonds. The molecule has 0 radical (unpaired) electrons. The van der Waals surface area contributed by atoms with E-state index in [2.05, 4.69) is 26.3 Å². The Morgan fingerprint density at radius 2 is 1.90 bits per heavy atom. The number of carbonyl (C=O) groups excluding carboxylic acids is 1. The summed E-state index contributed by atoms with van der Waals surface area (Å²) in [5.41, 5.74) is 1.81. The van der Waals surface area contributed by atoms with E-state index in [1.54, 1.807) is 26.1 Å². The molecule has 0 aliphatic heterocycles. The number of carboxylic acid groups (broad SMARTS) is 1. The predicted molar refractivity (Wildman–Crippen MR) is 77.0 cm³/mol. The van der Waals surface area contributed by atoms with E-state index in [0.717, 1.165) is 5.69 Å². The molecule has 0 saturated carbocycles. The fourth-order valence-electron chi connectivity index (χ4n) is 1.77. The summed E-state index contributed by atoms with van der Waals surface area (Å²) in [5.74, 6) is -1.32. The SMILES string of the molecule is Cc1nn(C)c(C(=O)Nc2ccc(C(=O)O)cc2)c1Br. The molecule has 0 fully saturated rings. The van der Waals surface area contributed by atoms with E-state index < -0.39 is 5.97 Å². The molecule has 2 rings (SSSR count). The number of anilines is 1. The average molecular weight is 338 g/mol. The lowest BCUT2D eigenvalue weighted by atomic mass is 10.2. The molecule has 0 atom stereocenters. The maximum atomic E-state index is 12.2. The zero-order chi connectivity index (χ0) is 14.9. The van der Waals surface area contributed by atoms with Crippen molar-refractivity contribution in [2.24, 2.45) is 7.05 Å². The van der Waals surface area contributed by atoms with Crippen molar-refractivity contribution in [2.45, 2.75) is 6.92 Å². The number of carbonyl (C=O) groups is 2. The van der Waals surface area contributed by atoms with Crippen molar-refractivity contribution < 1.29 is 14.7 Å². The second kappa shape index (κ2) is 5.46. The molecule has 2 N–H and O–H groups in total. The van der Waals surface area contributed by atoms with Crippen LogP contribution in [0.25, 0.3) is 0 Å². The average Bonchev–Trinajstić information content (AvgIpc) is 2.63. The fourth-order valence-corrected chi connectivity index (χ4v) is 2.28. The third-order valence-electron chi connectivity index (χ3n) is 2.75. The highest BCUT2D eigenvalue weighted by Crippen LogP contribution is 2.21. The standard InChI is InChI=1S/C13H12BrN3O3/c1-7-10(14)11(17(2)16-7)12(18)15-9-5-3-8(4-6-9)13(19)20/h3-6H,1-2H3,(H,15,18)(H,19,20). The summed E-state index contributed by atoms with van der Waals surface area (Å²) >= 11 is 3.32. The van der Waals surface area contributed by atoms with Gasteiger partial charge in [0.05, 0.1) is 15.7 Å². The zero-order valence-corrected chi connectivity index (χ0v) is 12.4. The highest BCUT2D eigenvalue weighted by Gasteiger charge is 2.18. The Morgan fingerprint density at radius 1 is 1.30 bits per heavy atom. The van der Waals surface area contributed by atoms with Gasteiger partial charge in [0.2, 0.25) is 0 Å². The molecule has 104 valence electrons. The molecule has 6 nitrogen and oxygen atoms in total. The van der Waals surface area contributed by atoms with Gasteiger partial charge in [-0.15, -0.1) is 0 Å². The first-order chi connectivity index (χ1) is 9.40. The number of aryl methyl sites for hydroxylation is 2. The Hall–Kier alpha value is -2.15. The molecule has 0 spiro atoms. The Balaban J connectivity index is 2.21. The fraction of sp³-hybridized carbons (Fsp3) is 0.154. The number of nitrogens with zero attached hydrogens (tertiary/aromatic N) is 2. The van der Waals surface area contributed by atoms with E-state index in [1.165, 1.54) is 16.8 Å². The third-order valence-corrected chi connectivity index (χ3v) is 3.70. The van der Waals surface area contributed by atoms with Crippen molar-refractivity contribution in [1.82, 2.24) is 9.78 Å². The van der Waals surface area contributed by atoms with E-state index in [-0.39, 0.29) is 11.5 Å². The van der Waals surface area contributed by atoms with Gasteiger partial charge in [0, 0.05) is 12.7 Å². The van der Waals surface area contributed by atoms with Crippen molar-refractivity contribution in [3.05, 3.63) is 45.7 Å². The van der Waals surface area contributed by atoms with Crippen LogP contribution in [0.2, 0.25) is 0 Å². The van der Waals surface area contributed by atoms with Gasteiger partial charge in [0.25, 0.3) is 5.91 Å². The molecule has 0 aliphatic rings. The lowest BCUT2D eigenvalue weighted by Crippen LogP contribution is -2.16. The van der Waals surface area contributed by atoms with Crippen molar-refractivity contribution in [2.75, 3.05) is 5.32 Å². The molecule has 0 unspecified atom stereocenters. The van der Waals surface area contributed by atoms with Crippen molar-refractivity contribution in [1.29, 1.82) is 0 Å². The molecule has 1 heterocycles. The molecule has 0 aliphatic carbocycles. The van der Waals surface area contributed by atoms with E-state index >= 15 is 0 Å². The quantitative estimate of drug-likeness (QED) is 0.900. The number of amides is 1. The van der Waals surface area contributed by atoms with E-state index in [4.69, 9.17) is 5.11 Å². The molecule has 7 heteroatoms. The summed E-state index contributed by atoms with van der Waals surface area (Å²) in [7, 11) is 1.68. The smallest absolute Gasteiger partial charge is 0.335 e. The van der Waals surface area contributed by atoms with Crippen LogP contribution >= 0.6 is 15.9 Å². The largest absolute Gasteiger partial charge is 0.478 e. The van der Waals surface area contributed by atoms with Gasteiger partial charge < -0.3 is 10.4 Å². The first kappa shape index (κ1) is 14.3. The second-order valence-electron chi connectivity index (χ2n) is 4.21. The van der Waals surface area contributed by atoms with Crippen LogP contribution in [0, 0.1) is 6.92 Å². The van der Waals surface area contributed by atoms with E-state index in [9.17, 15) is 9.59 Å². The summed E-state index contributed by atoms with van der Waals surface area (Å²) in [6, 6.07) is 5.94. The minimum absolute atomic E-state index is 0.167. The van der Waals surface area contributed by atoms with Crippen molar-refractivity contribution in [3.63, 3.8) is 0 Å². The highest BCUT2D eigenvalue weighted by molar-refractivity contribution is 9.10. The monoisotopic (exact) mass is 337 g/mol. The van der Waals surface area contributed by atoms with Gasteiger partial charge in [-0.3, -0.25) is 9.48 Å². The van der Waals surface area contributed by atoms with Crippen LogP contribution in [0.4, 0.5) is 5.69 Å². The lowest BCUT2D eigenvalue weighted by Gasteiger charge is -2.06. The second-order valence-corrected chi connectivity index (χ2v) is 5.00. The Bertz CT molecular complexity index is 677. The number of nitrogens with one attached hydrogen (secondary N) is 1. The molecule has 0 saturated heterocycles. The summed E-state index contributed by atoms with van der Waals surface area (Å²) in [6.07, 6.45) is 0. The van der Waals surface area contributed by atoms with Gasteiger partial charge in [-0.25, -0.2) is 4.79 Å². The number of rotatable bonds is 3. The summed E-state index contributed by atoms with van der Waals surface area (Å²) < 4.78 is 2.13. The van der Waals surface area contributed by atoms with Gasteiger partial charge in [-0.05, 0) is 47.1 Å². The third kappa shape index (κ3) is 2.72. The van der Waals surface area contributed by atoms with Crippen LogP contribution in [-0.4, -0.2) is 26.8 Å². The molecular weight excluding hydrogens is 326 g/mol. The van der Waals surface area contributed by atoms with Crippen LogP contribution in [0.1, 0.15) is 26.5 Å². The van der Waals surface area contributed by atoms with Crippen LogP contribution in [-0.2, 0) is 7.05 Å². The Morgan fingerprint density at radius 3 is 2.35 bits per heavy atom. The predicted octanol–water partition coefficient (Wildman–Crippen LogP) is 2.44. The van der Waals surface area contributed by atoms with Gasteiger partial charge in [0.1, 0.15) is 5.69 Å². The summed E-state index contributed by atoms with van der Waals surface area (Å²) in [5, 5.41) is 15.6. The minimum atomic E-state index is -1.01. The number of halogens is 1.